The Morgan fingerprint density at radius 1 is 1.12 bits per heavy atom. The van der Waals surface area contributed by atoms with Gasteiger partial charge in [-0.3, -0.25) is 9.48 Å². The Balaban J connectivity index is 1.45. The van der Waals surface area contributed by atoms with E-state index in [0.29, 0.717) is 29.4 Å². The Labute approximate surface area is 203 Å². The zero-order valence-electron chi connectivity index (χ0n) is 18.6. The summed E-state index contributed by atoms with van der Waals surface area (Å²) in [6, 6.07) is 20.0. The molecule has 0 fully saturated rings. The minimum atomic E-state index is -0.584. The van der Waals surface area contributed by atoms with Gasteiger partial charge in [-0.1, -0.05) is 48.0 Å². The highest BCUT2D eigenvalue weighted by molar-refractivity contribution is 6.30. The molecule has 1 amide bonds. The van der Waals surface area contributed by atoms with Crippen molar-refractivity contribution in [3.63, 3.8) is 0 Å². The van der Waals surface area contributed by atoms with E-state index < -0.39 is 6.04 Å². The first-order chi connectivity index (χ1) is 16.5. The number of pyridine rings is 1. The minimum absolute atomic E-state index is 0.218. The lowest BCUT2D eigenvalue weighted by Crippen LogP contribution is -2.34. The van der Waals surface area contributed by atoms with Crippen LogP contribution in [0.5, 0.6) is 0 Å². The Kier molecular flexibility index (Phi) is 7.33. The normalized spacial score (nSPS) is 11.6. The van der Waals surface area contributed by atoms with Crippen LogP contribution in [0.15, 0.2) is 79.3 Å². The third-order valence-corrected chi connectivity index (χ3v) is 5.62. The summed E-state index contributed by atoms with van der Waals surface area (Å²) in [7, 11) is 1.86. The Hall–Kier alpha value is -3.99. The second-order valence-corrected chi connectivity index (χ2v) is 8.22. The Bertz CT molecular complexity index is 1310. The van der Waals surface area contributed by atoms with Crippen molar-refractivity contribution in [1.29, 1.82) is 5.26 Å². The summed E-state index contributed by atoms with van der Waals surface area (Å²) in [5.41, 5.74) is 4.12. The maximum Gasteiger partial charge on any atom is 0.247 e. The van der Waals surface area contributed by atoms with Gasteiger partial charge in [0.15, 0.2) is 0 Å². The molecule has 34 heavy (non-hydrogen) atoms. The monoisotopic (exact) mass is 470 g/mol. The second kappa shape index (κ2) is 10.8. The molecule has 0 aliphatic heterocycles. The van der Waals surface area contributed by atoms with Gasteiger partial charge in [0.1, 0.15) is 11.9 Å². The van der Waals surface area contributed by atoms with Gasteiger partial charge in [0.25, 0.3) is 0 Å². The van der Waals surface area contributed by atoms with E-state index in [1.54, 1.807) is 35.3 Å². The number of nitriles is 1. The molecule has 0 saturated heterocycles. The zero-order valence-corrected chi connectivity index (χ0v) is 19.3. The molecule has 170 valence electrons. The summed E-state index contributed by atoms with van der Waals surface area (Å²) in [6.45, 7) is 0.497. The van der Waals surface area contributed by atoms with E-state index in [9.17, 15) is 10.1 Å². The number of benzene rings is 2. The third kappa shape index (κ3) is 5.67. The van der Waals surface area contributed by atoms with E-state index >= 15 is 0 Å². The van der Waals surface area contributed by atoms with Gasteiger partial charge in [-0.05, 0) is 41.8 Å². The molecule has 0 aliphatic carbocycles. The van der Waals surface area contributed by atoms with Crippen molar-refractivity contribution in [1.82, 2.24) is 20.1 Å². The van der Waals surface area contributed by atoms with E-state index in [2.05, 4.69) is 26.8 Å². The molecule has 4 rings (SSSR count). The van der Waals surface area contributed by atoms with E-state index in [1.165, 1.54) is 0 Å². The standard InChI is InChI=1S/C26H23ClN6O/c1-33-17-22(16-31-33)20-8-10-24(30-15-20)32-26(34)25(19-5-3-2-4-6-19)29-12-11-18-7-9-23(27)13-21(18)14-28/h2-10,13,15-17,25,29H,11-12H2,1H3,(H,30,32,34)/t25-/m1/s1. The van der Waals surface area contributed by atoms with Gasteiger partial charge < -0.3 is 10.6 Å². The van der Waals surface area contributed by atoms with Crippen molar-refractivity contribution in [3.8, 4) is 17.2 Å². The van der Waals surface area contributed by atoms with Gasteiger partial charge in [-0.2, -0.15) is 10.4 Å². The maximum absolute atomic E-state index is 13.2. The number of nitrogens with zero attached hydrogens (tertiary/aromatic N) is 4. The van der Waals surface area contributed by atoms with Crippen LogP contribution in [-0.4, -0.2) is 27.2 Å². The number of aryl methyl sites for hydroxylation is 1. The largest absolute Gasteiger partial charge is 0.309 e. The minimum Gasteiger partial charge on any atom is -0.309 e. The lowest BCUT2D eigenvalue weighted by molar-refractivity contribution is -0.118. The maximum atomic E-state index is 13.2. The molecule has 0 aliphatic rings. The van der Waals surface area contributed by atoms with Crippen molar-refractivity contribution in [3.05, 3.63) is 101 Å². The molecule has 0 saturated carbocycles. The highest BCUT2D eigenvalue weighted by atomic mass is 35.5. The fraction of sp³-hybridized carbons (Fsp3) is 0.154. The zero-order chi connectivity index (χ0) is 23.9. The van der Waals surface area contributed by atoms with Crippen LogP contribution in [-0.2, 0) is 18.3 Å². The average Bonchev–Trinajstić information content (AvgIpc) is 3.29. The van der Waals surface area contributed by atoms with Crippen LogP contribution in [0.2, 0.25) is 5.02 Å². The molecule has 2 aromatic carbocycles. The van der Waals surface area contributed by atoms with Crippen LogP contribution < -0.4 is 10.6 Å². The molecule has 0 spiro atoms. The summed E-state index contributed by atoms with van der Waals surface area (Å²) in [6.07, 6.45) is 5.96. The van der Waals surface area contributed by atoms with E-state index in [-0.39, 0.29) is 5.91 Å². The van der Waals surface area contributed by atoms with Gasteiger partial charge in [0, 0.05) is 42.1 Å². The van der Waals surface area contributed by atoms with Crippen molar-refractivity contribution in [2.45, 2.75) is 12.5 Å². The molecule has 2 aromatic heterocycles. The first-order valence-corrected chi connectivity index (χ1v) is 11.1. The fourth-order valence-electron chi connectivity index (χ4n) is 3.64. The van der Waals surface area contributed by atoms with Gasteiger partial charge in [0.05, 0.1) is 17.8 Å². The first kappa shape index (κ1) is 23.2. The molecule has 8 heteroatoms. The third-order valence-electron chi connectivity index (χ3n) is 5.38. The van der Waals surface area contributed by atoms with Crippen LogP contribution in [0.3, 0.4) is 0 Å². The molecule has 0 unspecified atom stereocenters. The topological polar surface area (TPSA) is 95.6 Å². The number of carbonyl (C=O) groups excluding carboxylic acids is 1. The van der Waals surface area contributed by atoms with Crippen molar-refractivity contribution < 1.29 is 4.79 Å². The van der Waals surface area contributed by atoms with Crippen LogP contribution in [0.25, 0.3) is 11.1 Å². The number of carbonyl (C=O) groups is 1. The second-order valence-electron chi connectivity index (χ2n) is 7.79. The van der Waals surface area contributed by atoms with Gasteiger partial charge in [-0.15, -0.1) is 0 Å². The highest BCUT2D eigenvalue weighted by Gasteiger charge is 2.20. The molecular formula is C26H23ClN6O. The van der Waals surface area contributed by atoms with E-state index in [1.807, 2.05) is 55.7 Å². The van der Waals surface area contributed by atoms with Crippen molar-refractivity contribution >= 4 is 23.3 Å². The number of halogens is 1. The van der Waals surface area contributed by atoms with E-state index in [4.69, 9.17) is 11.6 Å². The quantitative estimate of drug-likeness (QED) is 0.394. The molecule has 2 heterocycles. The molecular weight excluding hydrogens is 448 g/mol. The SMILES string of the molecule is Cn1cc(-c2ccc(NC(=O)[C@H](NCCc3ccc(Cl)cc3C#N)c3ccccc3)nc2)cn1. The number of nitrogens with one attached hydrogen (secondary N) is 2. The first-order valence-electron chi connectivity index (χ1n) is 10.8. The van der Waals surface area contributed by atoms with Crippen LogP contribution >= 0.6 is 11.6 Å². The van der Waals surface area contributed by atoms with Crippen LogP contribution in [0.4, 0.5) is 5.82 Å². The summed E-state index contributed by atoms with van der Waals surface area (Å²) in [5.74, 6) is 0.245. The van der Waals surface area contributed by atoms with Gasteiger partial charge >= 0.3 is 0 Å². The van der Waals surface area contributed by atoms with Crippen LogP contribution in [0, 0.1) is 11.3 Å². The molecule has 0 bridgehead atoms. The Morgan fingerprint density at radius 3 is 2.62 bits per heavy atom. The molecule has 7 nitrogen and oxygen atoms in total. The predicted octanol–water partition coefficient (Wildman–Crippen LogP) is 4.52. The molecule has 4 aromatic rings. The number of anilines is 1. The lowest BCUT2D eigenvalue weighted by atomic mass is 10.0. The number of hydrogen-bond acceptors (Lipinski definition) is 5. The fourth-order valence-corrected chi connectivity index (χ4v) is 3.81. The molecule has 2 N–H and O–H groups in total. The molecule has 1 atom stereocenters. The smallest absolute Gasteiger partial charge is 0.247 e. The molecule has 0 radical (unpaired) electrons. The van der Waals surface area contributed by atoms with Crippen molar-refractivity contribution in [2.24, 2.45) is 7.05 Å². The predicted molar refractivity (Wildman–Crippen MR) is 132 cm³/mol. The van der Waals surface area contributed by atoms with Gasteiger partial charge in [-0.25, -0.2) is 4.98 Å². The summed E-state index contributed by atoms with van der Waals surface area (Å²) in [5, 5.41) is 20.3. The number of aromatic nitrogens is 3. The number of rotatable bonds is 8. The summed E-state index contributed by atoms with van der Waals surface area (Å²) < 4.78 is 1.73. The van der Waals surface area contributed by atoms with Crippen LogP contribution in [0.1, 0.15) is 22.7 Å². The highest BCUT2D eigenvalue weighted by Crippen LogP contribution is 2.21. The Morgan fingerprint density at radius 2 is 1.94 bits per heavy atom. The number of hydrogen-bond donors (Lipinski definition) is 2. The summed E-state index contributed by atoms with van der Waals surface area (Å²) in [4.78, 5) is 17.6. The lowest BCUT2D eigenvalue weighted by Gasteiger charge is -2.19. The summed E-state index contributed by atoms with van der Waals surface area (Å²) >= 11 is 5.99. The number of amides is 1. The van der Waals surface area contributed by atoms with E-state index in [0.717, 1.165) is 22.3 Å². The van der Waals surface area contributed by atoms with Crippen molar-refractivity contribution in [2.75, 3.05) is 11.9 Å². The average molecular weight is 471 g/mol. The van der Waals surface area contributed by atoms with Gasteiger partial charge in [0.2, 0.25) is 5.91 Å².